The summed E-state index contributed by atoms with van der Waals surface area (Å²) < 4.78 is 6.32. The first-order valence-corrected chi connectivity index (χ1v) is 13.6. The first-order chi connectivity index (χ1) is 17.9. The van der Waals surface area contributed by atoms with Crippen molar-refractivity contribution in [2.75, 3.05) is 13.1 Å². The summed E-state index contributed by atoms with van der Waals surface area (Å²) in [6, 6.07) is 14.3. The zero-order chi connectivity index (χ0) is 25.9. The second kappa shape index (κ2) is 10.9. The molecule has 9 nitrogen and oxygen atoms in total. The number of piperidine rings is 1. The second-order valence-electron chi connectivity index (χ2n) is 8.94. The number of hydrogen-bond acceptors (Lipinski definition) is 8. The summed E-state index contributed by atoms with van der Waals surface area (Å²) in [5.41, 5.74) is 2.61. The van der Waals surface area contributed by atoms with Crippen LogP contribution >= 0.6 is 27.3 Å². The van der Waals surface area contributed by atoms with E-state index in [9.17, 15) is 14.9 Å². The van der Waals surface area contributed by atoms with Crippen LogP contribution in [0.1, 0.15) is 41.0 Å². The third kappa shape index (κ3) is 5.78. The van der Waals surface area contributed by atoms with E-state index in [0.717, 1.165) is 33.6 Å². The molecule has 0 bridgehead atoms. The van der Waals surface area contributed by atoms with E-state index in [0.29, 0.717) is 36.9 Å². The van der Waals surface area contributed by atoms with Crippen LogP contribution in [0, 0.1) is 17.0 Å². The third-order valence-electron chi connectivity index (χ3n) is 6.46. The fourth-order valence-electron chi connectivity index (χ4n) is 4.45. The molecule has 1 fully saturated rings. The molecule has 3 heterocycles. The number of aryl methyl sites for hydroxylation is 2. The van der Waals surface area contributed by atoms with E-state index in [1.165, 1.54) is 17.0 Å². The van der Waals surface area contributed by atoms with Gasteiger partial charge in [0.2, 0.25) is 17.6 Å². The Bertz CT molecular complexity index is 1430. The minimum atomic E-state index is -0.469. The fraction of sp³-hybridized carbons (Fsp3) is 0.308. The monoisotopic (exact) mass is 581 g/mol. The van der Waals surface area contributed by atoms with Gasteiger partial charge in [0.15, 0.2) is 0 Å². The first-order valence-electron chi connectivity index (χ1n) is 12.0. The molecule has 4 aromatic rings. The van der Waals surface area contributed by atoms with Gasteiger partial charge >= 0.3 is 0 Å². The van der Waals surface area contributed by atoms with Crippen molar-refractivity contribution < 1.29 is 14.2 Å². The first kappa shape index (κ1) is 25.2. The van der Waals surface area contributed by atoms with Gasteiger partial charge in [-0.05, 0) is 31.9 Å². The van der Waals surface area contributed by atoms with Gasteiger partial charge in [0.25, 0.3) is 5.69 Å². The molecule has 1 aliphatic heterocycles. The molecule has 2 aromatic heterocycles. The highest BCUT2D eigenvalue weighted by molar-refractivity contribution is 9.10. The smallest absolute Gasteiger partial charge is 0.270 e. The Balaban J connectivity index is 1.14. The summed E-state index contributed by atoms with van der Waals surface area (Å²) in [5.74, 6) is 1.02. The van der Waals surface area contributed by atoms with Crippen molar-refractivity contribution in [2.24, 2.45) is 0 Å². The summed E-state index contributed by atoms with van der Waals surface area (Å²) in [6.45, 7) is 3.50. The van der Waals surface area contributed by atoms with Crippen LogP contribution in [0.25, 0.3) is 22.6 Å². The normalized spacial score (nSPS) is 14.2. The van der Waals surface area contributed by atoms with Crippen LogP contribution < -0.4 is 0 Å². The molecule has 2 aromatic carbocycles. The fourth-order valence-corrected chi connectivity index (χ4v) is 5.82. The van der Waals surface area contributed by atoms with Gasteiger partial charge in [-0.1, -0.05) is 45.4 Å². The predicted molar refractivity (Wildman–Crippen MR) is 143 cm³/mol. The van der Waals surface area contributed by atoms with Gasteiger partial charge < -0.3 is 9.42 Å². The molecule has 37 heavy (non-hydrogen) atoms. The molecule has 11 heteroatoms. The molecule has 5 rings (SSSR count). The summed E-state index contributed by atoms with van der Waals surface area (Å²) in [4.78, 5) is 35.7. The molecule has 0 saturated carbocycles. The van der Waals surface area contributed by atoms with Crippen molar-refractivity contribution in [1.29, 1.82) is 0 Å². The van der Waals surface area contributed by atoms with E-state index in [1.807, 2.05) is 17.0 Å². The van der Waals surface area contributed by atoms with E-state index in [-0.39, 0.29) is 23.8 Å². The number of nitrogens with zero attached hydrogens (tertiary/aromatic N) is 5. The van der Waals surface area contributed by atoms with Gasteiger partial charge in [0.1, 0.15) is 0 Å². The van der Waals surface area contributed by atoms with E-state index in [1.54, 1.807) is 23.5 Å². The van der Waals surface area contributed by atoms with Crippen molar-refractivity contribution in [3.05, 3.63) is 78.9 Å². The topological polar surface area (TPSA) is 115 Å². The number of non-ortho nitro benzene ring substituents is 1. The predicted octanol–water partition coefficient (Wildman–Crippen LogP) is 6.18. The zero-order valence-corrected chi connectivity index (χ0v) is 22.5. The maximum atomic E-state index is 12.8. The molecule has 0 atom stereocenters. The van der Waals surface area contributed by atoms with Crippen molar-refractivity contribution in [3.8, 4) is 22.6 Å². The molecular formula is C26H24BrN5O4S. The zero-order valence-electron chi connectivity index (χ0n) is 20.1. The number of halogens is 1. The molecule has 1 saturated heterocycles. The van der Waals surface area contributed by atoms with Gasteiger partial charge in [-0.15, -0.1) is 11.3 Å². The Morgan fingerprint density at radius 3 is 2.65 bits per heavy atom. The maximum absolute atomic E-state index is 12.8. The number of nitro benzene ring substituents is 1. The Morgan fingerprint density at radius 1 is 1.16 bits per heavy atom. The van der Waals surface area contributed by atoms with Crippen molar-refractivity contribution in [1.82, 2.24) is 20.0 Å². The minimum Gasteiger partial charge on any atom is -0.343 e. The number of thiazole rings is 1. The summed E-state index contributed by atoms with van der Waals surface area (Å²) >= 11 is 5.23. The van der Waals surface area contributed by atoms with E-state index < -0.39 is 4.92 Å². The summed E-state index contributed by atoms with van der Waals surface area (Å²) in [7, 11) is 0. The lowest BCUT2D eigenvalue weighted by atomic mass is 9.97. The summed E-state index contributed by atoms with van der Waals surface area (Å²) in [5, 5.41) is 16.1. The number of carbonyl (C=O) groups excluding carboxylic acids is 1. The van der Waals surface area contributed by atoms with E-state index in [2.05, 4.69) is 45.1 Å². The van der Waals surface area contributed by atoms with Crippen LogP contribution in [0.2, 0.25) is 0 Å². The average Bonchev–Trinajstić information content (AvgIpc) is 3.55. The number of aromatic nitrogens is 3. The van der Waals surface area contributed by atoms with Crippen molar-refractivity contribution >= 4 is 38.9 Å². The van der Waals surface area contributed by atoms with Gasteiger partial charge in [-0.3, -0.25) is 14.9 Å². The Morgan fingerprint density at radius 2 is 1.92 bits per heavy atom. The standard InChI is InChI=1S/C26H24BrN5O4S/c1-16-24(17-5-7-20(27)8-6-17)29-26(37-16)18-11-13-31(14-12-18)23(33)10-9-22-28-25(30-36-22)19-3-2-4-21(15-19)32(34)35/h2-8,15,18H,9-14H2,1H3. The number of nitro groups is 1. The Hall–Kier alpha value is -3.44. The molecule has 0 radical (unpaired) electrons. The molecule has 1 amide bonds. The van der Waals surface area contributed by atoms with Gasteiger partial charge in [-0.2, -0.15) is 4.98 Å². The number of rotatable bonds is 7. The molecule has 190 valence electrons. The van der Waals surface area contributed by atoms with Crippen LogP contribution in [0.5, 0.6) is 0 Å². The molecular weight excluding hydrogens is 558 g/mol. The lowest BCUT2D eigenvalue weighted by molar-refractivity contribution is -0.384. The van der Waals surface area contributed by atoms with Gasteiger partial charge in [0.05, 0.1) is 15.6 Å². The number of benzene rings is 2. The highest BCUT2D eigenvalue weighted by Gasteiger charge is 2.27. The quantitative estimate of drug-likeness (QED) is 0.189. The molecule has 0 unspecified atom stereocenters. The third-order valence-corrected chi connectivity index (χ3v) is 8.13. The number of likely N-dealkylation sites (tertiary alicyclic amines) is 1. The number of amides is 1. The highest BCUT2D eigenvalue weighted by atomic mass is 79.9. The lowest BCUT2D eigenvalue weighted by Gasteiger charge is -2.31. The van der Waals surface area contributed by atoms with Crippen molar-refractivity contribution in [3.63, 3.8) is 0 Å². The lowest BCUT2D eigenvalue weighted by Crippen LogP contribution is -2.38. The van der Waals surface area contributed by atoms with Crippen molar-refractivity contribution in [2.45, 2.75) is 38.5 Å². The molecule has 0 aliphatic carbocycles. The number of carbonyl (C=O) groups is 1. The van der Waals surface area contributed by atoms with Crippen LogP contribution in [0.4, 0.5) is 5.69 Å². The number of hydrogen-bond donors (Lipinski definition) is 0. The van der Waals surface area contributed by atoms with Gasteiger partial charge in [0, 0.05) is 64.5 Å². The Labute approximate surface area is 225 Å². The molecule has 0 spiro atoms. The Kier molecular flexibility index (Phi) is 7.43. The SMILES string of the molecule is Cc1sc(C2CCN(C(=O)CCc3nc(-c4cccc([N+](=O)[O-])c4)no3)CC2)nc1-c1ccc(Br)cc1. The largest absolute Gasteiger partial charge is 0.343 e. The van der Waals surface area contributed by atoms with E-state index in [4.69, 9.17) is 9.51 Å². The van der Waals surface area contributed by atoms with Gasteiger partial charge in [-0.25, -0.2) is 4.98 Å². The molecule has 0 N–H and O–H groups in total. The summed E-state index contributed by atoms with van der Waals surface area (Å²) in [6.07, 6.45) is 2.36. The average molecular weight is 582 g/mol. The van der Waals surface area contributed by atoms with Crippen LogP contribution in [0.15, 0.2) is 57.5 Å². The van der Waals surface area contributed by atoms with Crippen LogP contribution in [0.3, 0.4) is 0 Å². The van der Waals surface area contributed by atoms with Crippen LogP contribution in [-0.2, 0) is 11.2 Å². The minimum absolute atomic E-state index is 0.0418. The molecule has 1 aliphatic rings. The second-order valence-corrected chi connectivity index (χ2v) is 11.1. The maximum Gasteiger partial charge on any atom is 0.270 e. The van der Waals surface area contributed by atoms with E-state index >= 15 is 0 Å². The highest BCUT2D eigenvalue weighted by Crippen LogP contribution is 2.36. The van der Waals surface area contributed by atoms with Crippen LogP contribution in [-0.4, -0.2) is 43.9 Å².